The Morgan fingerprint density at radius 2 is 2.40 bits per heavy atom. The van der Waals surface area contributed by atoms with E-state index >= 15 is 0 Å². The number of fused-ring (bicyclic) bond motifs is 1. The van der Waals surface area contributed by atoms with Gasteiger partial charge in [0.25, 0.3) is 5.91 Å². The highest BCUT2D eigenvalue weighted by atomic mass is 19.1. The number of aromatic nitrogens is 2. The second-order valence-corrected chi connectivity index (χ2v) is 4.91. The maximum absolute atomic E-state index is 13.9. The molecule has 7 heteroatoms. The van der Waals surface area contributed by atoms with Gasteiger partial charge in [-0.25, -0.2) is 9.37 Å². The van der Waals surface area contributed by atoms with Gasteiger partial charge in [0.1, 0.15) is 11.8 Å². The summed E-state index contributed by atoms with van der Waals surface area (Å²) in [4.78, 5) is 18.6. The average Bonchev–Trinajstić information content (AvgIpc) is 2.90. The molecule has 0 bridgehead atoms. The molecule has 1 saturated heterocycles. The van der Waals surface area contributed by atoms with Crippen molar-refractivity contribution in [2.24, 2.45) is 5.73 Å². The van der Waals surface area contributed by atoms with Crippen LogP contribution in [0, 0.1) is 0 Å². The molecule has 6 nitrogen and oxygen atoms in total. The molecule has 1 amide bonds. The summed E-state index contributed by atoms with van der Waals surface area (Å²) < 4.78 is 13.9. The molecule has 5 N–H and O–H groups in total. The first kappa shape index (κ1) is 12.9. The standard InChI is InChI=1S/C13H16FN5O/c14-9-6-16-3-2-10(9)19-11-7-1-4-17-13(7)18-5-8(11)12(15)20/h1,4-5,9-10,16H,2-3,6H2,(H2,15,20)(H2,17,18,19)/t9-,10-/m0/s1. The number of carbonyl (C=O) groups excluding carboxylic acids is 1. The summed E-state index contributed by atoms with van der Waals surface area (Å²) in [5.41, 5.74) is 6.85. The van der Waals surface area contributed by atoms with Gasteiger partial charge in [0.05, 0.1) is 17.3 Å². The van der Waals surface area contributed by atoms with Gasteiger partial charge in [0.2, 0.25) is 0 Å². The molecule has 0 aromatic carbocycles. The van der Waals surface area contributed by atoms with Crippen molar-refractivity contribution in [3.63, 3.8) is 0 Å². The minimum absolute atomic E-state index is 0.280. The zero-order chi connectivity index (χ0) is 14.1. The summed E-state index contributed by atoms with van der Waals surface area (Å²) in [6.07, 6.45) is 2.78. The Hall–Kier alpha value is -2.15. The smallest absolute Gasteiger partial charge is 0.252 e. The molecule has 0 saturated carbocycles. The number of piperidine rings is 1. The zero-order valence-electron chi connectivity index (χ0n) is 10.8. The van der Waals surface area contributed by atoms with E-state index in [9.17, 15) is 9.18 Å². The van der Waals surface area contributed by atoms with E-state index in [0.29, 0.717) is 24.3 Å². The third-order valence-electron chi connectivity index (χ3n) is 3.59. The van der Waals surface area contributed by atoms with Crippen molar-refractivity contribution in [1.29, 1.82) is 0 Å². The van der Waals surface area contributed by atoms with E-state index in [4.69, 9.17) is 5.73 Å². The first-order chi connectivity index (χ1) is 9.66. The van der Waals surface area contributed by atoms with Crippen LogP contribution < -0.4 is 16.4 Å². The number of amides is 1. The molecule has 3 rings (SSSR count). The Labute approximate surface area is 114 Å². The summed E-state index contributed by atoms with van der Waals surface area (Å²) >= 11 is 0. The van der Waals surface area contributed by atoms with Crippen molar-refractivity contribution in [3.05, 3.63) is 24.0 Å². The van der Waals surface area contributed by atoms with Crippen LogP contribution in [0.5, 0.6) is 0 Å². The molecule has 0 unspecified atom stereocenters. The molecule has 0 radical (unpaired) electrons. The van der Waals surface area contributed by atoms with Crippen molar-refractivity contribution < 1.29 is 9.18 Å². The van der Waals surface area contributed by atoms with Gasteiger partial charge in [0.15, 0.2) is 0 Å². The van der Waals surface area contributed by atoms with E-state index in [1.54, 1.807) is 12.3 Å². The largest absolute Gasteiger partial charge is 0.378 e. The van der Waals surface area contributed by atoms with Gasteiger partial charge in [-0.3, -0.25) is 4.79 Å². The summed E-state index contributed by atoms with van der Waals surface area (Å²) in [7, 11) is 0. The number of aromatic amines is 1. The molecule has 1 fully saturated rings. The summed E-state index contributed by atoms with van der Waals surface area (Å²) in [6.45, 7) is 1.05. The number of pyridine rings is 1. The maximum atomic E-state index is 13.9. The van der Waals surface area contributed by atoms with Crippen LogP contribution >= 0.6 is 0 Å². The first-order valence-electron chi connectivity index (χ1n) is 6.54. The van der Waals surface area contributed by atoms with Crippen LogP contribution in [0.4, 0.5) is 10.1 Å². The molecule has 3 heterocycles. The minimum Gasteiger partial charge on any atom is -0.378 e. The average molecular weight is 277 g/mol. The molecule has 0 spiro atoms. The van der Waals surface area contributed by atoms with Gasteiger partial charge in [-0.05, 0) is 19.0 Å². The number of nitrogens with two attached hydrogens (primary N) is 1. The van der Waals surface area contributed by atoms with Crippen LogP contribution in [0.15, 0.2) is 18.5 Å². The molecule has 2 aromatic rings. The van der Waals surface area contributed by atoms with Crippen LogP contribution in [0.25, 0.3) is 11.0 Å². The number of nitrogens with zero attached hydrogens (tertiary/aromatic N) is 1. The van der Waals surface area contributed by atoms with Crippen molar-refractivity contribution in [2.45, 2.75) is 18.6 Å². The van der Waals surface area contributed by atoms with Gasteiger partial charge >= 0.3 is 0 Å². The first-order valence-corrected chi connectivity index (χ1v) is 6.54. The number of carbonyl (C=O) groups is 1. The topological polar surface area (TPSA) is 95.8 Å². The van der Waals surface area contributed by atoms with Crippen molar-refractivity contribution in [2.75, 3.05) is 18.4 Å². The normalized spacial score (nSPS) is 22.9. The molecular formula is C13H16FN5O. The number of anilines is 1. The second kappa shape index (κ2) is 5.09. The number of primary amides is 1. The molecular weight excluding hydrogens is 261 g/mol. The molecule has 1 aliphatic heterocycles. The quantitative estimate of drug-likeness (QED) is 0.666. The Balaban J connectivity index is 2.01. The Morgan fingerprint density at radius 1 is 1.55 bits per heavy atom. The molecule has 106 valence electrons. The van der Waals surface area contributed by atoms with E-state index in [0.717, 1.165) is 11.9 Å². The third kappa shape index (κ3) is 2.20. The molecule has 0 aliphatic carbocycles. The number of rotatable bonds is 3. The summed E-state index contributed by atoms with van der Waals surface area (Å²) in [5, 5.41) is 6.87. The highest BCUT2D eigenvalue weighted by Gasteiger charge is 2.26. The number of alkyl halides is 1. The number of hydrogen-bond donors (Lipinski definition) is 4. The second-order valence-electron chi connectivity index (χ2n) is 4.91. The van der Waals surface area contributed by atoms with Crippen molar-refractivity contribution >= 4 is 22.6 Å². The van der Waals surface area contributed by atoms with E-state index in [1.165, 1.54) is 6.20 Å². The lowest BCUT2D eigenvalue weighted by Crippen LogP contribution is -2.45. The van der Waals surface area contributed by atoms with Crippen molar-refractivity contribution in [1.82, 2.24) is 15.3 Å². The van der Waals surface area contributed by atoms with Gasteiger partial charge in [-0.2, -0.15) is 0 Å². The number of nitrogens with one attached hydrogen (secondary N) is 3. The SMILES string of the molecule is NC(=O)c1cnc2[nH]ccc2c1N[C@H]1CCNC[C@@H]1F. The Kier molecular flexibility index (Phi) is 3.27. The molecule has 1 aliphatic rings. The lowest BCUT2D eigenvalue weighted by atomic mass is 10.0. The fraction of sp³-hybridized carbons (Fsp3) is 0.385. The fourth-order valence-electron chi connectivity index (χ4n) is 2.52. The zero-order valence-corrected chi connectivity index (χ0v) is 10.8. The van der Waals surface area contributed by atoms with E-state index in [1.807, 2.05) is 0 Å². The van der Waals surface area contributed by atoms with Gasteiger partial charge in [-0.15, -0.1) is 0 Å². The van der Waals surface area contributed by atoms with Gasteiger partial charge < -0.3 is 21.4 Å². The van der Waals surface area contributed by atoms with Crippen LogP contribution in [-0.4, -0.2) is 41.2 Å². The fourth-order valence-corrected chi connectivity index (χ4v) is 2.52. The highest BCUT2D eigenvalue weighted by Crippen LogP contribution is 2.27. The van der Waals surface area contributed by atoms with Crippen LogP contribution in [0.3, 0.4) is 0 Å². The lowest BCUT2D eigenvalue weighted by Gasteiger charge is -2.29. The van der Waals surface area contributed by atoms with Crippen LogP contribution in [-0.2, 0) is 0 Å². The molecule has 20 heavy (non-hydrogen) atoms. The van der Waals surface area contributed by atoms with E-state index < -0.39 is 12.1 Å². The third-order valence-corrected chi connectivity index (χ3v) is 3.59. The highest BCUT2D eigenvalue weighted by molar-refractivity contribution is 6.05. The van der Waals surface area contributed by atoms with Crippen LogP contribution in [0.2, 0.25) is 0 Å². The van der Waals surface area contributed by atoms with Crippen LogP contribution in [0.1, 0.15) is 16.8 Å². The monoisotopic (exact) mass is 277 g/mol. The number of H-pyrrole nitrogens is 1. The summed E-state index contributed by atoms with van der Waals surface area (Å²) in [5.74, 6) is -0.576. The predicted molar refractivity (Wildman–Crippen MR) is 74.4 cm³/mol. The van der Waals surface area contributed by atoms with E-state index in [-0.39, 0.29) is 11.6 Å². The van der Waals surface area contributed by atoms with Gasteiger partial charge in [0, 0.05) is 24.3 Å². The predicted octanol–water partition coefficient (Wildman–Crippen LogP) is 0.774. The number of halogens is 1. The Bertz CT molecular complexity index is 641. The summed E-state index contributed by atoms with van der Waals surface area (Å²) in [6, 6.07) is 1.46. The lowest BCUT2D eigenvalue weighted by molar-refractivity contribution is 0.100. The minimum atomic E-state index is -1.01. The molecule has 2 atom stereocenters. The van der Waals surface area contributed by atoms with E-state index in [2.05, 4.69) is 20.6 Å². The maximum Gasteiger partial charge on any atom is 0.252 e. The number of hydrogen-bond acceptors (Lipinski definition) is 4. The molecule has 2 aromatic heterocycles. The van der Waals surface area contributed by atoms with Crippen molar-refractivity contribution in [3.8, 4) is 0 Å². The Morgan fingerprint density at radius 3 is 3.15 bits per heavy atom. The van der Waals surface area contributed by atoms with Gasteiger partial charge in [-0.1, -0.05) is 0 Å².